The fourth-order valence-electron chi connectivity index (χ4n) is 3.38. The van der Waals surface area contributed by atoms with Crippen LogP contribution in [0.25, 0.3) is 5.65 Å². The minimum atomic E-state index is -0.0367. The summed E-state index contributed by atoms with van der Waals surface area (Å²) in [7, 11) is 0. The van der Waals surface area contributed by atoms with Crippen molar-refractivity contribution in [3.8, 4) is 0 Å². The number of pyridine rings is 2. The number of ether oxygens (including phenoxy) is 1. The highest BCUT2D eigenvalue weighted by Gasteiger charge is 2.15. The van der Waals surface area contributed by atoms with Gasteiger partial charge in [-0.25, -0.2) is 4.98 Å². The van der Waals surface area contributed by atoms with E-state index in [4.69, 9.17) is 9.72 Å². The predicted molar refractivity (Wildman–Crippen MR) is 101 cm³/mol. The van der Waals surface area contributed by atoms with Crippen molar-refractivity contribution in [3.63, 3.8) is 0 Å². The van der Waals surface area contributed by atoms with Crippen molar-refractivity contribution in [3.05, 3.63) is 69.9 Å². The topological polar surface area (TPSA) is 59.7 Å². The molecule has 26 heavy (non-hydrogen) atoms. The van der Waals surface area contributed by atoms with Crippen molar-refractivity contribution < 1.29 is 4.74 Å². The zero-order valence-corrected chi connectivity index (χ0v) is 14.9. The maximum Gasteiger partial charge on any atom is 0.259 e. The highest BCUT2D eigenvalue weighted by molar-refractivity contribution is 5.54. The van der Waals surface area contributed by atoms with Gasteiger partial charge in [-0.1, -0.05) is 6.07 Å². The Kier molecular flexibility index (Phi) is 4.67. The Hall–Kier alpha value is -2.73. The van der Waals surface area contributed by atoms with Crippen molar-refractivity contribution in [2.75, 3.05) is 31.2 Å². The van der Waals surface area contributed by atoms with E-state index in [0.29, 0.717) is 13.2 Å². The summed E-state index contributed by atoms with van der Waals surface area (Å²) in [6, 6.07) is 7.81. The largest absolute Gasteiger partial charge is 0.378 e. The van der Waals surface area contributed by atoms with E-state index in [9.17, 15) is 4.79 Å². The number of hydrogen-bond acceptors (Lipinski definition) is 5. The molecule has 0 unspecified atom stereocenters. The second-order valence-electron chi connectivity index (χ2n) is 6.64. The van der Waals surface area contributed by atoms with Crippen molar-refractivity contribution >= 4 is 11.5 Å². The van der Waals surface area contributed by atoms with Gasteiger partial charge in [0, 0.05) is 37.7 Å². The Labute approximate surface area is 152 Å². The van der Waals surface area contributed by atoms with E-state index in [1.807, 2.05) is 37.6 Å². The van der Waals surface area contributed by atoms with Gasteiger partial charge in [-0.05, 0) is 48.6 Å². The molecule has 1 aliphatic heterocycles. The molecule has 0 spiro atoms. The summed E-state index contributed by atoms with van der Waals surface area (Å²) in [5.74, 6) is 0.743. The minimum absolute atomic E-state index is 0.0367. The summed E-state index contributed by atoms with van der Waals surface area (Å²) >= 11 is 0. The average Bonchev–Trinajstić information content (AvgIpc) is 2.68. The van der Waals surface area contributed by atoms with Gasteiger partial charge in [0.15, 0.2) is 0 Å². The monoisotopic (exact) mass is 350 g/mol. The van der Waals surface area contributed by atoms with E-state index < -0.39 is 0 Å². The fraction of sp³-hybridized carbons (Fsp3) is 0.350. The quantitative estimate of drug-likeness (QED) is 0.720. The number of hydrogen-bond donors (Lipinski definition) is 0. The van der Waals surface area contributed by atoms with E-state index in [2.05, 4.69) is 16.0 Å². The van der Waals surface area contributed by atoms with E-state index in [1.54, 1.807) is 10.5 Å². The molecular formula is C20H22N4O2. The molecule has 1 fully saturated rings. The molecule has 134 valence electrons. The number of morpholine rings is 1. The lowest BCUT2D eigenvalue weighted by Gasteiger charge is -2.28. The highest BCUT2D eigenvalue weighted by Crippen LogP contribution is 2.17. The van der Waals surface area contributed by atoms with Crippen molar-refractivity contribution in [1.82, 2.24) is 14.4 Å². The zero-order valence-electron chi connectivity index (χ0n) is 14.9. The maximum atomic E-state index is 12.7. The second-order valence-corrected chi connectivity index (χ2v) is 6.64. The summed E-state index contributed by atoms with van der Waals surface area (Å²) in [5.41, 5.74) is 4.09. The van der Waals surface area contributed by atoms with Gasteiger partial charge in [-0.2, -0.15) is 0 Å². The molecule has 1 aliphatic rings. The van der Waals surface area contributed by atoms with Crippen LogP contribution in [0.2, 0.25) is 0 Å². The van der Waals surface area contributed by atoms with Crippen molar-refractivity contribution in [2.45, 2.75) is 19.8 Å². The molecule has 0 atom stereocenters. The predicted octanol–water partition coefficient (Wildman–Crippen LogP) is 2.02. The molecular weight excluding hydrogens is 328 g/mol. The van der Waals surface area contributed by atoms with E-state index in [1.165, 1.54) is 5.56 Å². The number of nitrogens with zero attached hydrogens (tertiary/aromatic N) is 4. The van der Waals surface area contributed by atoms with Gasteiger partial charge in [-0.3, -0.25) is 14.2 Å². The van der Waals surface area contributed by atoms with Crippen LogP contribution in [0.15, 0.2) is 47.7 Å². The van der Waals surface area contributed by atoms with Gasteiger partial charge < -0.3 is 9.64 Å². The molecule has 0 bridgehead atoms. The Bertz CT molecular complexity index is 963. The van der Waals surface area contributed by atoms with Gasteiger partial charge in [0.25, 0.3) is 5.56 Å². The summed E-state index contributed by atoms with van der Waals surface area (Å²) in [4.78, 5) is 23.7. The third-order valence-electron chi connectivity index (χ3n) is 4.73. The van der Waals surface area contributed by atoms with Gasteiger partial charge in [-0.15, -0.1) is 0 Å². The van der Waals surface area contributed by atoms with E-state index in [0.717, 1.165) is 48.5 Å². The van der Waals surface area contributed by atoms with Crippen LogP contribution < -0.4 is 10.5 Å². The molecule has 0 amide bonds. The molecule has 0 aromatic carbocycles. The number of aryl methyl sites for hydroxylation is 3. The molecule has 4 rings (SSSR count). The molecule has 6 heteroatoms. The first kappa shape index (κ1) is 16.7. The smallest absolute Gasteiger partial charge is 0.259 e. The summed E-state index contributed by atoms with van der Waals surface area (Å²) < 4.78 is 7.08. The van der Waals surface area contributed by atoms with Crippen molar-refractivity contribution in [1.29, 1.82) is 0 Å². The number of fused-ring (bicyclic) bond motifs is 1. The summed E-state index contributed by atoms with van der Waals surface area (Å²) in [6.07, 6.45) is 7.20. The van der Waals surface area contributed by atoms with Gasteiger partial charge in [0.2, 0.25) is 0 Å². The van der Waals surface area contributed by atoms with Gasteiger partial charge in [0.05, 0.1) is 13.2 Å². The molecule has 4 heterocycles. The minimum Gasteiger partial charge on any atom is -0.378 e. The van der Waals surface area contributed by atoms with Crippen LogP contribution in [0.4, 0.5) is 5.82 Å². The normalized spacial score (nSPS) is 14.7. The van der Waals surface area contributed by atoms with Gasteiger partial charge in [0.1, 0.15) is 11.5 Å². The SMILES string of the molecule is Cc1cc(CCc2ccncc2)c2nc(N3CCOCC3)cc(=O)n2c1. The lowest BCUT2D eigenvalue weighted by Crippen LogP contribution is -2.37. The number of aromatic nitrogens is 3. The second kappa shape index (κ2) is 7.25. The molecule has 6 nitrogen and oxygen atoms in total. The Morgan fingerprint density at radius 3 is 2.65 bits per heavy atom. The standard InChI is InChI=1S/C20H22N4O2/c1-15-12-17(3-2-16-4-6-21-7-5-16)20-22-18(13-19(25)24(20)14-15)23-8-10-26-11-9-23/h4-7,12-14H,2-3,8-11H2,1H3. The van der Waals surface area contributed by atoms with Crippen molar-refractivity contribution in [2.24, 2.45) is 0 Å². The van der Waals surface area contributed by atoms with Crippen LogP contribution in [0.3, 0.4) is 0 Å². The third-order valence-corrected chi connectivity index (χ3v) is 4.73. The first-order valence-corrected chi connectivity index (χ1v) is 8.95. The Morgan fingerprint density at radius 1 is 1.12 bits per heavy atom. The van der Waals surface area contributed by atoms with E-state index >= 15 is 0 Å². The lowest BCUT2D eigenvalue weighted by molar-refractivity contribution is 0.122. The van der Waals surface area contributed by atoms with Crippen LogP contribution in [0.1, 0.15) is 16.7 Å². The maximum absolute atomic E-state index is 12.7. The van der Waals surface area contributed by atoms with Crippen LogP contribution in [-0.4, -0.2) is 40.7 Å². The molecule has 3 aromatic rings. The zero-order chi connectivity index (χ0) is 17.9. The Morgan fingerprint density at radius 2 is 1.88 bits per heavy atom. The average molecular weight is 350 g/mol. The molecule has 1 saturated heterocycles. The van der Waals surface area contributed by atoms with Gasteiger partial charge >= 0.3 is 0 Å². The molecule has 0 saturated carbocycles. The third kappa shape index (κ3) is 3.46. The summed E-state index contributed by atoms with van der Waals surface area (Å²) in [6.45, 7) is 4.88. The molecule has 0 radical (unpaired) electrons. The van der Waals surface area contributed by atoms with Crippen LogP contribution in [0.5, 0.6) is 0 Å². The lowest BCUT2D eigenvalue weighted by atomic mass is 10.0. The first-order chi connectivity index (χ1) is 12.7. The number of anilines is 1. The molecule has 0 N–H and O–H groups in total. The van der Waals surface area contributed by atoms with E-state index in [-0.39, 0.29) is 5.56 Å². The highest BCUT2D eigenvalue weighted by atomic mass is 16.5. The Balaban J connectivity index is 1.73. The van der Waals surface area contributed by atoms with Crippen LogP contribution in [0, 0.1) is 6.92 Å². The number of rotatable bonds is 4. The first-order valence-electron chi connectivity index (χ1n) is 8.95. The van der Waals surface area contributed by atoms with Crippen LogP contribution >= 0.6 is 0 Å². The molecule has 0 aliphatic carbocycles. The molecule has 3 aromatic heterocycles. The van der Waals surface area contributed by atoms with Crippen LogP contribution in [-0.2, 0) is 17.6 Å². The fourth-order valence-corrected chi connectivity index (χ4v) is 3.38. The summed E-state index contributed by atoms with van der Waals surface area (Å²) in [5, 5.41) is 0.